The summed E-state index contributed by atoms with van der Waals surface area (Å²) in [6.07, 6.45) is 0. The Kier molecular flexibility index (Phi) is 4.52. The first kappa shape index (κ1) is 17.7. The van der Waals surface area contributed by atoms with Crippen LogP contribution in [0.4, 0.5) is 11.6 Å². The van der Waals surface area contributed by atoms with Crippen molar-refractivity contribution >= 4 is 17.5 Å². The first-order valence-electron chi connectivity index (χ1n) is 8.85. The normalized spacial score (nSPS) is 15.6. The smallest absolute Gasteiger partial charge is 0.255 e. The number of hydrogen-bond acceptors (Lipinski definition) is 6. The number of nitrogens with one attached hydrogen (secondary N) is 2. The van der Waals surface area contributed by atoms with Crippen molar-refractivity contribution < 1.29 is 9.53 Å². The molecule has 142 valence electrons. The Balaban J connectivity index is 1.76. The molecule has 0 radical (unpaired) electrons. The predicted octanol–water partition coefficient (Wildman–Crippen LogP) is 2.92. The molecular formula is C20H20N6O2. The summed E-state index contributed by atoms with van der Waals surface area (Å²) in [5, 5.41) is 18.0. The molecule has 1 atom stereocenters. The maximum Gasteiger partial charge on any atom is 0.255 e. The molecule has 0 aliphatic carbocycles. The Morgan fingerprint density at radius 3 is 2.61 bits per heavy atom. The van der Waals surface area contributed by atoms with Crippen LogP contribution in [0.25, 0.3) is 0 Å². The minimum Gasteiger partial charge on any atom is -0.497 e. The molecule has 0 unspecified atom stereocenters. The molecule has 1 aliphatic heterocycles. The number of anilines is 2. The van der Waals surface area contributed by atoms with E-state index in [0.29, 0.717) is 17.2 Å². The van der Waals surface area contributed by atoms with Gasteiger partial charge in [-0.1, -0.05) is 35.4 Å². The van der Waals surface area contributed by atoms with E-state index in [-0.39, 0.29) is 5.91 Å². The summed E-state index contributed by atoms with van der Waals surface area (Å²) in [5.74, 6) is 1.02. The molecule has 0 spiro atoms. The Labute approximate surface area is 162 Å². The van der Waals surface area contributed by atoms with Gasteiger partial charge in [-0.3, -0.25) is 4.79 Å². The van der Waals surface area contributed by atoms with Gasteiger partial charge in [-0.2, -0.15) is 4.68 Å². The number of methoxy groups -OCH3 is 1. The number of rotatable bonds is 4. The third-order valence-corrected chi connectivity index (χ3v) is 4.78. The number of ether oxygens (including phenoxy) is 1. The first-order valence-corrected chi connectivity index (χ1v) is 8.85. The predicted molar refractivity (Wildman–Crippen MR) is 105 cm³/mol. The van der Waals surface area contributed by atoms with E-state index in [1.807, 2.05) is 62.4 Å². The zero-order valence-corrected chi connectivity index (χ0v) is 15.8. The van der Waals surface area contributed by atoms with Crippen LogP contribution in [0.2, 0.25) is 0 Å². The average Bonchev–Trinajstić information content (AvgIpc) is 3.16. The molecule has 3 aromatic rings. The molecule has 8 heteroatoms. The number of aryl methyl sites for hydroxylation is 1. The van der Waals surface area contributed by atoms with Gasteiger partial charge in [-0.25, -0.2) is 0 Å². The van der Waals surface area contributed by atoms with Gasteiger partial charge in [-0.15, -0.1) is 0 Å². The third-order valence-electron chi connectivity index (χ3n) is 4.78. The number of aromatic nitrogens is 4. The maximum atomic E-state index is 13.3. The highest BCUT2D eigenvalue weighted by Crippen LogP contribution is 2.35. The van der Waals surface area contributed by atoms with Gasteiger partial charge in [0.25, 0.3) is 5.91 Å². The van der Waals surface area contributed by atoms with Crippen LogP contribution < -0.4 is 15.4 Å². The molecule has 8 nitrogen and oxygen atoms in total. The second-order valence-electron chi connectivity index (χ2n) is 6.56. The van der Waals surface area contributed by atoms with E-state index in [1.165, 1.54) is 0 Å². The summed E-state index contributed by atoms with van der Waals surface area (Å²) in [6, 6.07) is 14.7. The van der Waals surface area contributed by atoms with E-state index in [0.717, 1.165) is 22.6 Å². The second-order valence-corrected chi connectivity index (χ2v) is 6.56. The van der Waals surface area contributed by atoms with Gasteiger partial charge in [0, 0.05) is 11.4 Å². The van der Waals surface area contributed by atoms with Gasteiger partial charge in [0.15, 0.2) is 0 Å². The number of fused-ring (bicyclic) bond motifs is 1. The fraction of sp³-hybridized carbons (Fsp3) is 0.200. The number of carbonyl (C=O) groups is 1. The van der Waals surface area contributed by atoms with E-state index in [9.17, 15) is 4.79 Å². The van der Waals surface area contributed by atoms with E-state index in [2.05, 4.69) is 26.2 Å². The van der Waals surface area contributed by atoms with Crippen LogP contribution in [0.5, 0.6) is 5.75 Å². The molecule has 2 heterocycles. The Morgan fingerprint density at radius 2 is 1.89 bits per heavy atom. The number of amides is 1. The van der Waals surface area contributed by atoms with Gasteiger partial charge in [0.2, 0.25) is 5.95 Å². The minimum atomic E-state index is -0.457. The summed E-state index contributed by atoms with van der Waals surface area (Å²) < 4.78 is 6.86. The molecule has 0 bridgehead atoms. The molecule has 0 fully saturated rings. The third kappa shape index (κ3) is 3.09. The molecule has 1 aromatic heterocycles. The first-order chi connectivity index (χ1) is 13.6. The zero-order chi connectivity index (χ0) is 19.7. The van der Waals surface area contributed by atoms with E-state index < -0.39 is 6.04 Å². The van der Waals surface area contributed by atoms with Crippen molar-refractivity contribution in [3.05, 3.63) is 70.9 Å². The van der Waals surface area contributed by atoms with Crippen LogP contribution in [0.1, 0.15) is 24.1 Å². The standard InChI is InChI=1S/C20H20N6O2/c1-12-6-4-5-7-16(12)22-19(27)17-13(2)21-20-23-24-25-26(20)18(17)14-8-10-15(28-3)11-9-14/h4-11,18H,1-3H3,(H,22,27)(H,21,23,25)/t18-/m1/s1. The van der Waals surface area contributed by atoms with Crippen molar-refractivity contribution in [3.63, 3.8) is 0 Å². The van der Waals surface area contributed by atoms with Crippen molar-refractivity contribution in [1.29, 1.82) is 0 Å². The number of carbonyl (C=O) groups excluding carboxylic acids is 1. The Morgan fingerprint density at radius 1 is 1.14 bits per heavy atom. The van der Waals surface area contributed by atoms with Crippen LogP contribution in [0.3, 0.4) is 0 Å². The van der Waals surface area contributed by atoms with Gasteiger partial charge < -0.3 is 15.4 Å². The highest BCUT2D eigenvalue weighted by molar-refractivity contribution is 6.06. The quantitative estimate of drug-likeness (QED) is 0.727. The fourth-order valence-corrected chi connectivity index (χ4v) is 3.30. The molecule has 0 saturated heterocycles. The summed E-state index contributed by atoms with van der Waals surface area (Å²) in [6.45, 7) is 3.80. The lowest BCUT2D eigenvalue weighted by atomic mass is 9.95. The van der Waals surface area contributed by atoms with Gasteiger partial charge in [-0.05, 0) is 53.6 Å². The monoisotopic (exact) mass is 376 g/mol. The summed E-state index contributed by atoms with van der Waals surface area (Å²) in [5.41, 5.74) is 3.89. The van der Waals surface area contributed by atoms with Gasteiger partial charge >= 0.3 is 0 Å². The van der Waals surface area contributed by atoms with Gasteiger partial charge in [0.1, 0.15) is 11.8 Å². The molecule has 2 aromatic carbocycles. The number of allylic oxidation sites excluding steroid dienone is 1. The SMILES string of the molecule is COc1ccc([C@@H]2C(C(=O)Nc3ccccc3C)=C(C)Nc3nnnn32)cc1. The number of benzene rings is 2. The van der Waals surface area contributed by atoms with E-state index >= 15 is 0 Å². The molecule has 1 amide bonds. The molecule has 4 rings (SSSR count). The average molecular weight is 376 g/mol. The molecule has 2 N–H and O–H groups in total. The van der Waals surface area contributed by atoms with Crippen LogP contribution in [0, 0.1) is 6.92 Å². The van der Waals surface area contributed by atoms with Crippen molar-refractivity contribution in [2.75, 3.05) is 17.7 Å². The van der Waals surface area contributed by atoms with Crippen LogP contribution in [-0.4, -0.2) is 33.2 Å². The Hall–Kier alpha value is -3.68. The highest BCUT2D eigenvalue weighted by Gasteiger charge is 2.34. The lowest BCUT2D eigenvalue weighted by molar-refractivity contribution is -0.113. The van der Waals surface area contributed by atoms with Crippen LogP contribution in [0.15, 0.2) is 59.8 Å². The largest absolute Gasteiger partial charge is 0.497 e. The Bertz CT molecular complexity index is 1050. The fourth-order valence-electron chi connectivity index (χ4n) is 3.30. The summed E-state index contributed by atoms with van der Waals surface area (Å²) in [7, 11) is 1.62. The zero-order valence-electron chi connectivity index (χ0n) is 15.8. The van der Waals surface area contributed by atoms with Crippen LogP contribution >= 0.6 is 0 Å². The van der Waals surface area contributed by atoms with Gasteiger partial charge in [0.05, 0.1) is 12.7 Å². The maximum absolute atomic E-state index is 13.3. The number of tetrazole rings is 1. The second kappa shape index (κ2) is 7.15. The summed E-state index contributed by atoms with van der Waals surface area (Å²) in [4.78, 5) is 13.3. The molecule has 1 aliphatic rings. The van der Waals surface area contributed by atoms with Crippen molar-refractivity contribution in [1.82, 2.24) is 20.2 Å². The molecule has 0 saturated carbocycles. The number of hydrogen-bond donors (Lipinski definition) is 2. The lowest BCUT2D eigenvalue weighted by Crippen LogP contribution is -2.31. The van der Waals surface area contributed by atoms with E-state index in [1.54, 1.807) is 11.8 Å². The van der Waals surface area contributed by atoms with E-state index in [4.69, 9.17) is 4.74 Å². The molecular weight excluding hydrogens is 356 g/mol. The van der Waals surface area contributed by atoms with Crippen molar-refractivity contribution in [3.8, 4) is 5.75 Å². The highest BCUT2D eigenvalue weighted by atomic mass is 16.5. The van der Waals surface area contributed by atoms with Crippen molar-refractivity contribution in [2.45, 2.75) is 19.9 Å². The van der Waals surface area contributed by atoms with Crippen LogP contribution in [-0.2, 0) is 4.79 Å². The topological polar surface area (TPSA) is 94.0 Å². The van der Waals surface area contributed by atoms with Crippen molar-refractivity contribution in [2.24, 2.45) is 0 Å². The molecule has 28 heavy (non-hydrogen) atoms. The number of nitrogens with zero attached hydrogens (tertiary/aromatic N) is 4. The summed E-state index contributed by atoms with van der Waals surface area (Å²) >= 11 is 0. The minimum absolute atomic E-state index is 0.207. The lowest BCUT2D eigenvalue weighted by Gasteiger charge is -2.28. The number of para-hydroxylation sites is 1.